The standard InChI is InChI=1S/C27H29BF2N2/c1-26(2,3)19-9-11-21-17(15-19)7-12-22-25(21)28(29,30)32-23-13-10-20(27(4,5)6)16-18(23)8-14-24(32)31-22/h7-16,25H,1-6H3. The number of allylic oxidation sites excluding steroid dienone is 1. The van der Waals surface area contributed by atoms with E-state index in [1.807, 2.05) is 48.5 Å². The zero-order valence-electron chi connectivity index (χ0n) is 19.6. The molecule has 2 heterocycles. The lowest BCUT2D eigenvalue weighted by atomic mass is 9.55. The molecule has 1 atom stereocenters. The molecule has 32 heavy (non-hydrogen) atoms. The SMILES string of the molecule is CC(C)(C)c1ccc2c(c1)C=CC1=Nc3ccc4cc(C(C)(C)C)ccc4[n+]3[B-](F)(F)C12. The summed E-state index contributed by atoms with van der Waals surface area (Å²) in [6.07, 6.45) is 3.70. The number of pyridine rings is 1. The summed E-state index contributed by atoms with van der Waals surface area (Å²) in [5, 5.41) is 0.816. The lowest BCUT2D eigenvalue weighted by Gasteiger charge is -2.37. The Labute approximate surface area is 188 Å². The van der Waals surface area contributed by atoms with E-state index in [1.165, 1.54) is 4.48 Å². The van der Waals surface area contributed by atoms with E-state index in [0.717, 1.165) is 22.1 Å². The van der Waals surface area contributed by atoms with Crippen LogP contribution in [0.1, 0.15) is 69.6 Å². The number of fused-ring (bicyclic) bond motifs is 6. The van der Waals surface area contributed by atoms with Crippen molar-refractivity contribution >= 4 is 35.3 Å². The van der Waals surface area contributed by atoms with Crippen molar-refractivity contribution < 1.29 is 13.1 Å². The minimum absolute atomic E-state index is 0.0419. The van der Waals surface area contributed by atoms with Crippen LogP contribution >= 0.6 is 0 Å². The molecule has 0 saturated carbocycles. The smallest absolute Gasteiger partial charge is 0.435 e. The first-order chi connectivity index (χ1) is 14.9. The fraction of sp³-hybridized carbons (Fsp3) is 0.333. The van der Waals surface area contributed by atoms with Crippen LogP contribution in [0.15, 0.2) is 59.6 Å². The third-order valence-electron chi connectivity index (χ3n) is 6.84. The van der Waals surface area contributed by atoms with E-state index in [0.29, 0.717) is 22.6 Å². The molecule has 1 aromatic heterocycles. The van der Waals surface area contributed by atoms with Crippen molar-refractivity contribution in [3.63, 3.8) is 0 Å². The number of hydrogen-bond donors (Lipinski definition) is 0. The molecule has 1 aliphatic carbocycles. The summed E-state index contributed by atoms with van der Waals surface area (Å²) < 4.78 is 33.8. The summed E-state index contributed by atoms with van der Waals surface area (Å²) in [4.78, 5) is 4.68. The Balaban J connectivity index is 1.72. The highest BCUT2D eigenvalue weighted by molar-refractivity contribution is 6.65. The predicted molar refractivity (Wildman–Crippen MR) is 130 cm³/mol. The van der Waals surface area contributed by atoms with E-state index in [-0.39, 0.29) is 10.8 Å². The Morgan fingerprint density at radius 2 is 1.47 bits per heavy atom. The molecule has 0 radical (unpaired) electrons. The van der Waals surface area contributed by atoms with Crippen LogP contribution in [0.5, 0.6) is 0 Å². The first-order valence-corrected chi connectivity index (χ1v) is 11.3. The van der Waals surface area contributed by atoms with Crippen LogP contribution in [0.4, 0.5) is 14.4 Å². The van der Waals surface area contributed by atoms with E-state index >= 15 is 8.63 Å². The van der Waals surface area contributed by atoms with Crippen molar-refractivity contribution in [1.29, 1.82) is 0 Å². The van der Waals surface area contributed by atoms with Crippen LogP contribution in [0.2, 0.25) is 0 Å². The second kappa shape index (κ2) is 6.60. The number of hydrogen-bond acceptors (Lipinski definition) is 1. The van der Waals surface area contributed by atoms with Gasteiger partial charge < -0.3 is 13.1 Å². The van der Waals surface area contributed by atoms with E-state index < -0.39 is 12.7 Å². The number of rotatable bonds is 0. The van der Waals surface area contributed by atoms with Crippen molar-refractivity contribution in [3.05, 3.63) is 76.9 Å². The molecular weight excluding hydrogens is 401 g/mol. The summed E-state index contributed by atoms with van der Waals surface area (Å²) in [5.41, 5.74) is 4.67. The summed E-state index contributed by atoms with van der Waals surface area (Å²) in [5.74, 6) is -0.730. The first kappa shape index (κ1) is 21.1. The maximum atomic E-state index is 16.3. The number of benzene rings is 2. The quantitative estimate of drug-likeness (QED) is 0.346. The lowest BCUT2D eigenvalue weighted by molar-refractivity contribution is -0.526. The molecule has 2 nitrogen and oxygen atoms in total. The molecule has 164 valence electrons. The predicted octanol–water partition coefficient (Wildman–Crippen LogP) is 6.88. The van der Waals surface area contributed by atoms with Gasteiger partial charge in [-0.05, 0) is 51.8 Å². The van der Waals surface area contributed by atoms with Crippen molar-refractivity contribution in [2.24, 2.45) is 4.99 Å². The fourth-order valence-corrected chi connectivity index (χ4v) is 4.91. The molecule has 0 N–H and O–H groups in total. The summed E-state index contributed by atoms with van der Waals surface area (Å²) in [7, 11) is 0. The monoisotopic (exact) mass is 430 g/mol. The van der Waals surface area contributed by atoms with Gasteiger partial charge in [-0.2, -0.15) is 0 Å². The second-order valence-corrected chi connectivity index (χ2v) is 11.2. The molecular formula is C27H29BF2N2. The van der Waals surface area contributed by atoms with Gasteiger partial charge in [-0.15, -0.1) is 0 Å². The minimum Gasteiger partial charge on any atom is -0.435 e. The van der Waals surface area contributed by atoms with Gasteiger partial charge >= 0.3 is 6.84 Å². The molecule has 2 aromatic carbocycles. The third kappa shape index (κ3) is 3.13. The topological polar surface area (TPSA) is 16.2 Å². The minimum atomic E-state index is -3.97. The van der Waals surface area contributed by atoms with Gasteiger partial charge in [-0.3, -0.25) is 0 Å². The van der Waals surface area contributed by atoms with Gasteiger partial charge in [0.05, 0.1) is 5.52 Å². The molecule has 0 spiro atoms. The largest absolute Gasteiger partial charge is 0.533 e. The van der Waals surface area contributed by atoms with Crippen LogP contribution < -0.4 is 4.48 Å². The number of aliphatic imine (C=N–C) groups is 1. The summed E-state index contributed by atoms with van der Waals surface area (Å²) in [6.45, 7) is 8.83. The van der Waals surface area contributed by atoms with Crippen LogP contribution in [0.3, 0.4) is 0 Å². The number of aromatic nitrogens is 1. The van der Waals surface area contributed by atoms with Gasteiger partial charge in [-0.25, -0.2) is 0 Å². The molecule has 1 unspecified atom stereocenters. The molecule has 0 amide bonds. The Morgan fingerprint density at radius 3 is 2.16 bits per heavy atom. The van der Waals surface area contributed by atoms with Gasteiger partial charge in [0, 0.05) is 17.3 Å². The summed E-state index contributed by atoms with van der Waals surface area (Å²) in [6, 6.07) is 15.4. The molecule has 1 aliphatic heterocycles. The van der Waals surface area contributed by atoms with Crippen molar-refractivity contribution in [2.75, 3.05) is 0 Å². The van der Waals surface area contributed by atoms with E-state index in [2.05, 4.69) is 46.5 Å². The Hall–Kier alpha value is -2.82. The third-order valence-corrected chi connectivity index (χ3v) is 6.84. The lowest BCUT2D eigenvalue weighted by Crippen LogP contribution is -2.66. The Kier molecular flexibility index (Phi) is 4.34. The van der Waals surface area contributed by atoms with Crippen molar-refractivity contribution in [1.82, 2.24) is 0 Å². The zero-order valence-corrected chi connectivity index (χ0v) is 19.6. The maximum absolute atomic E-state index is 16.3. The van der Waals surface area contributed by atoms with E-state index in [9.17, 15) is 0 Å². The van der Waals surface area contributed by atoms with Crippen LogP contribution in [0.25, 0.3) is 17.0 Å². The number of halogens is 2. The van der Waals surface area contributed by atoms with Gasteiger partial charge in [-0.1, -0.05) is 82.4 Å². The van der Waals surface area contributed by atoms with Gasteiger partial charge in [0.15, 0.2) is 0 Å². The van der Waals surface area contributed by atoms with Gasteiger partial charge in [0.1, 0.15) is 5.71 Å². The van der Waals surface area contributed by atoms with Crippen LogP contribution in [-0.2, 0) is 10.8 Å². The van der Waals surface area contributed by atoms with Gasteiger partial charge in [0.2, 0.25) is 0 Å². The second-order valence-electron chi connectivity index (χ2n) is 11.2. The molecule has 5 heteroatoms. The fourth-order valence-electron chi connectivity index (χ4n) is 4.91. The first-order valence-electron chi connectivity index (χ1n) is 11.3. The van der Waals surface area contributed by atoms with Crippen LogP contribution in [-0.4, -0.2) is 12.5 Å². The maximum Gasteiger partial charge on any atom is 0.533 e. The van der Waals surface area contributed by atoms with E-state index in [4.69, 9.17) is 0 Å². The highest BCUT2D eigenvalue weighted by atomic mass is 19.2. The van der Waals surface area contributed by atoms with Crippen molar-refractivity contribution in [2.45, 2.75) is 58.2 Å². The molecule has 0 fully saturated rings. The molecule has 3 aromatic rings. The average Bonchev–Trinajstić information content (AvgIpc) is 2.70. The Bertz CT molecular complexity index is 1320. The highest BCUT2D eigenvalue weighted by Gasteiger charge is 2.53. The Morgan fingerprint density at radius 1 is 0.812 bits per heavy atom. The summed E-state index contributed by atoms with van der Waals surface area (Å²) >= 11 is 0. The van der Waals surface area contributed by atoms with E-state index in [1.54, 1.807) is 12.1 Å². The molecule has 5 rings (SSSR count). The molecule has 2 aliphatic rings. The molecule has 0 saturated heterocycles. The highest BCUT2D eigenvalue weighted by Crippen LogP contribution is 2.41. The average molecular weight is 430 g/mol. The van der Waals surface area contributed by atoms with Crippen LogP contribution in [0, 0.1) is 0 Å². The van der Waals surface area contributed by atoms with Gasteiger partial charge in [0.25, 0.3) is 5.82 Å². The molecule has 0 bridgehead atoms. The zero-order chi connectivity index (χ0) is 23.1. The van der Waals surface area contributed by atoms with Crippen molar-refractivity contribution in [3.8, 4) is 0 Å². The normalized spacial score (nSPS) is 19.2. The number of nitrogens with zero attached hydrogens (tertiary/aromatic N) is 2.